The van der Waals surface area contributed by atoms with Crippen LogP contribution in [-0.2, 0) is 9.53 Å². The molecule has 124 valence electrons. The van der Waals surface area contributed by atoms with E-state index in [1.54, 1.807) is 0 Å². The van der Waals surface area contributed by atoms with Crippen molar-refractivity contribution in [1.82, 2.24) is 4.90 Å². The van der Waals surface area contributed by atoms with Crippen molar-refractivity contribution in [3.05, 3.63) is 0 Å². The fourth-order valence-corrected chi connectivity index (χ4v) is 3.40. The number of hydrogen-bond donors (Lipinski definition) is 0. The molecule has 1 aliphatic heterocycles. The van der Waals surface area contributed by atoms with Gasteiger partial charge in [-0.2, -0.15) is 0 Å². The second-order valence-corrected chi connectivity index (χ2v) is 7.45. The van der Waals surface area contributed by atoms with Crippen LogP contribution in [0.1, 0.15) is 73.1 Å². The summed E-state index contributed by atoms with van der Waals surface area (Å²) < 4.78 is 5.74. The Balaban J connectivity index is 2.53. The Morgan fingerprint density at radius 1 is 1.38 bits per heavy atom. The predicted octanol–water partition coefficient (Wildman–Crippen LogP) is 4.25. The lowest BCUT2D eigenvalue weighted by Gasteiger charge is -2.35. The van der Waals surface area contributed by atoms with E-state index in [4.69, 9.17) is 4.74 Å². The Morgan fingerprint density at radius 2 is 2.05 bits per heavy atom. The zero-order valence-electron chi connectivity index (χ0n) is 14.9. The number of nitrogens with zero attached hydrogens (tertiary/aromatic N) is 1. The van der Waals surface area contributed by atoms with Gasteiger partial charge >= 0.3 is 5.97 Å². The number of esters is 1. The third-order valence-electron chi connectivity index (χ3n) is 5.38. The van der Waals surface area contributed by atoms with Crippen molar-refractivity contribution < 1.29 is 9.53 Å². The van der Waals surface area contributed by atoms with E-state index in [-0.39, 0.29) is 18.1 Å². The van der Waals surface area contributed by atoms with Gasteiger partial charge in [0.2, 0.25) is 0 Å². The minimum Gasteiger partial charge on any atom is -0.461 e. The van der Waals surface area contributed by atoms with E-state index in [1.807, 2.05) is 7.05 Å². The van der Waals surface area contributed by atoms with Crippen molar-refractivity contribution >= 4 is 5.97 Å². The Hall–Kier alpha value is -0.570. The molecule has 0 aliphatic carbocycles. The molecule has 1 fully saturated rings. The molecular weight excluding hydrogens is 262 g/mol. The first-order chi connectivity index (χ1) is 9.81. The predicted molar refractivity (Wildman–Crippen MR) is 88.3 cm³/mol. The lowest BCUT2D eigenvalue weighted by atomic mass is 9.72. The number of carbonyl (C=O) groups excluding carboxylic acids is 1. The number of likely N-dealkylation sites (N-methyl/N-ethyl adjacent to an activating group) is 1. The normalized spacial score (nSPS) is 23.0. The molecule has 0 radical (unpaired) electrons. The van der Waals surface area contributed by atoms with Crippen LogP contribution in [0.25, 0.3) is 0 Å². The van der Waals surface area contributed by atoms with Crippen molar-refractivity contribution in [2.75, 3.05) is 13.6 Å². The summed E-state index contributed by atoms with van der Waals surface area (Å²) in [6.07, 6.45) is 6.63. The molecule has 1 aliphatic rings. The van der Waals surface area contributed by atoms with Crippen LogP contribution in [0.2, 0.25) is 0 Å². The van der Waals surface area contributed by atoms with Crippen LogP contribution in [-0.4, -0.2) is 36.6 Å². The summed E-state index contributed by atoms with van der Waals surface area (Å²) in [5.74, 6) is 0.601. The standard InChI is InChI=1S/C18H35NO2/c1-7-10-15(18(4,5)8-2)13-14(3)21-17(20)16-11-9-12-19(16)6/h14-16H,7-13H2,1-6H3. The van der Waals surface area contributed by atoms with Crippen molar-refractivity contribution in [3.63, 3.8) is 0 Å². The minimum absolute atomic E-state index is 0.0174. The van der Waals surface area contributed by atoms with Crippen LogP contribution in [0.5, 0.6) is 0 Å². The monoisotopic (exact) mass is 297 g/mol. The fraction of sp³-hybridized carbons (Fsp3) is 0.944. The molecule has 3 atom stereocenters. The number of rotatable bonds is 8. The van der Waals surface area contributed by atoms with E-state index >= 15 is 0 Å². The highest BCUT2D eigenvalue weighted by Gasteiger charge is 2.32. The molecule has 0 aromatic heterocycles. The van der Waals surface area contributed by atoms with Crippen molar-refractivity contribution in [2.45, 2.75) is 85.3 Å². The first-order valence-electron chi connectivity index (χ1n) is 8.72. The molecule has 1 saturated heterocycles. The molecule has 1 heterocycles. The highest BCUT2D eigenvalue weighted by Crippen LogP contribution is 2.37. The third kappa shape index (κ3) is 5.28. The van der Waals surface area contributed by atoms with Crippen LogP contribution in [0.15, 0.2) is 0 Å². The second kappa shape index (κ2) is 8.17. The molecule has 1 rings (SSSR count). The molecule has 3 unspecified atom stereocenters. The van der Waals surface area contributed by atoms with Crippen LogP contribution in [0.3, 0.4) is 0 Å². The summed E-state index contributed by atoms with van der Waals surface area (Å²) >= 11 is 0. The number of hydrogen-bond acceptors (Lipinski definition) is 3. The van der Waals surface area contributed by atoms with Gasteiger partial charge in [-0.15, -0.1) is 0 Å². The largest absolute Gasteiger partial charge is 0.461 e. The minimum atomic E-state index is -0.0212. The quantitative estimate of drug-likeness (QED) is 0.627. The summed E-state index contributed by atoms with van der Waals surface area (Å²) in [7, 11) is 2.02. The highest BCUT2D eigenvalue weighted by molar-refractivity contribution is 5.76. The topological polar surface area (TPSA) is 29.5 Å². The maximum absolute atomic E-state index is 12.3. The Labute approximate surface area is 131 Å². The number of carbonyl (C=O) groups is 1. The summed E-state index contributed by atoms with van der Waals surface area (Å²) in [6.45, 7) is 12.2. The van der Waals surface area contributed by atoms with Crippen molar-refractivity contribution in [3.8, 4) is 0 Å². The molecule has 21 heavy (non-hydrogen) atoms. The van der Waals surface area contributed by atoms with Crippen molar-refractivity contribution in [1.29, 1.82) is 0 Å². The molecule has 0 aromatic rings. The van der Waals surface area contributed by atoms with E-state index in [9.17, 15) is 4.79 Å². The number of ether oxygens (including phenoxy) is 1. The first kappa shape index (κ1) is 18.5. The van der Waals surface area contributed by atoms with Gasteiger partial charge in [-0.1, -0.05) is 47.0 Å². The van der Waals surface area contributed by atoms with Gasteiger partial charge in [0.25, 0.3) is 0 Å². The molecule has 3 nitrogen and oxygen atoms in total. The molecule has 0 spiro atoms. The molecule has 0 saturated carbocycles. The maximum atomic E-state index is 12.3. The zero-order valence-corrected chi connectivity index (χ0v) is 14.9. The second-order valence-electron chi connectivity index (χ2n) is 7.45. The Kier molecular flexibility index (Phi) is 7.19. The summed E-state index contributed by atoms with van der Waals surface area (Å²) in [5, 5.41) is 0. The zero-order chi connectivity index (χ0) is 16.0. The lowest BCUT2D eigenvalue weighted by Crippen LogP contribution is -2.37. The van der Waals surface area contributed by atoms with Crippen LogP contribution in [0, 0.1) is 11.3 Å². The van der Waals surface area contributed by atoms with Crippen LogP contribution in [0.4, 0.5) is 0 Å². The number of likely N-dealkylation sites (tertiary alicyclic amines) is 1. The van der Waals surface area contributed by atoms with Crippen LogP contribution >= 0.6 is 0 Å². The van der Waals surface area contributed by atoms with Gasteiger partial charge in [0.15, 0.2) is 0 Å². The molecule has 3 heteroatoms. The molecule has 0 aromatic carbocycles. The fourth-order valence-electron chi connectivity index (χ4n) is 3.40. The van der Waals surface area contributed by atoms with Gasteiger partial charge in [-0.05, 0) is 51.1 Å². The highest BCUT2D eigenvalue weighted by atomic mass is 16.5. The Bertz CT molecular complexity index is 327. The average Bonchev–Trinajstić information content (AvgIpc) is 2.84. The van der Waals surface area contributed by atoms with Gasteiger partial charge < -0.3 is 4.74 Å². The lowest BCUT2D eigenvalue weighted by molar-refractivity contribution is -0.154. The molecule has 0 bridgehead atoms. The van der Waals surface area contributed by atoms with E-state index < -0.39 is 0 Å². The van der Waals surface area contributed by atoms with Gasteiger partial charge in [0.05, 0.1) is 6.10 Å². The summed E-state index contributed by atoms with van der Waals surface area (Å²) in [4.78, 5) is 14.4. The van der Waals surface area contributed by atoms with Gasteiger partial charge in [0.1, 0.15) is 6.04 Å². The van der Waals surface area contributed by atoms with Gasteiger partial charge in [-0.3, -0.25) is 9.69 Å². The van der Waals surface area contributed by atoms with Gasteiger partial charge in [0, 0.05) is 0 Å². The van der Waals surface area contributed by atoms with E-state index in [1.165, 1.54) is 19.3 Å². The van der Waals surface area contributed by atoms with E-state index in [0.717, 1.165) is 25.8 Å². The Morgan fingerprint density at radius 3 is 2.52 bits per heavy atom. The summed E-state index contributed by atoms with van der Waals surface area (Å²) in [5.41, 5.74) is 0.320. The average molecular weight is 297 g/mol. The first-order valence-corrected chi connectivity index (χ1v) is 8.72. The van der Waals surface area contributed by atoms with E-state index in [0.29, 0.717) is 11.3 Å². The smallest absolute Gasteiger partial charge is 0.323 e. The maximum Gasteiger partial charge on any atom is 0.323 e. The molecular formula is C18H35NO2. The van der Waals surface area contributed by atoms with E-state index in [2.05, 4.69) is 39.5 Å². The molecule has 0 amide bonds. The SMILES string of the molecule is CCCC(CC(C)OC(=O)C1CCCN1C)C(C)(C)CC. The third-order valence-corrected chi connectivity index (χ3v) is 5.38. The summed E-state index contributed by atoms with van der Waals surface area (Å²) in [6, 6.07) is -0.0174. The van der Waals surface area contributed by atoms with Crippen molar-refractivity contribution in [2.24, 2.45) is 11.3 Å². The molecule has 0 N–H and O–H groups in total. The van der Waals surface area contributed by atoms with Gasteiger partial charge in [-0.25, -0.2) is 0 Å². The van der Waals surface area contributed by atoms with Crippen LogP contribution < -0.4 is 0 Å².